The first-order chi connectivity index (χ1) is 6.70. The summed E-state index contributed by atoms with van der Waals surface area (Å²) in [6, 6.07) is 7.93. The fourth-order valence-electron chi connectivity index (χ4n) is 1.73. The van der Waals surface area contributed by atoms with Gasteiger partial charge in [0.25, 0.3) is 0 Å². The molecule has 1 aromatic rings. The summed E-state index contributed by atoms with van der Waals surface area (Å²) in [5, 5.41) is 8.95. The second kappa shape index (κ2) is 4.78. The summed E-state index contributed by atoms with van der Waals surface area (Å²) in [6.45, 7) is 4.11. The van der Waals surface area contributed by atoms with Crippen molar-refractivity contribution in [2.75, 3.05) is 0 Å². The van der Waals surface area contributed by atoms with Gasteiger partial charge < -0.3 is 5.73 Å². The molecule has 0 amide bonds. The molecule has 0 aliphatic rings. The zero-order chi connectivity index (χ0) is 10.6. The number of aryl methyl sites for hydroxylation is 1. The van der Waals surface area contributed by atoms with Crippen molar-refractivity contribution in [3.63, 3.8) is 0 Å². The molecule has 0 aromatic heterocycles. The minimum Gasteiger partial charge on any atom is -0.324 e. The Morgan fingerprint density at radius 3 is 2.79 bits per heavy atom. The highest BCUT2D eigenvalue weighted by atomic mass is 14.6. The van der Waals surface area contributed by atoms with Crippen LogP contribution in [0.15, 0.2) is 18.2 Å². The molecule has 2 nitrogen and oxygen atoms in total. The zero-order valence-electron chi connectivity index (χ0n) is 8.75. The van der Waals surface area contributed by atoms with Gasteiger partial charge in [-0.25, -0.2) is 0 Å². The highest BCUT2D eigenvalue weighted by Crippen LogP contribution is 2.23. The molecule has 2 N–H and O–H groups in total. The zero-order valence-corrected chi connectivity index (χ0v) is 8.75. The van der Waals surface area contributed by atoms with Crippen LogP contribution in [0.5, 0.6) is 0 Å². The summed E-state index contributed by atoms with van der Waals surface area (Å²) >= 11 is 0. The number of nitriles is 1. The molecule has 0 saturated heterocycles. The normalized spacial score (nSPS) is 12.1. The Bertz CT molecular complexity index is 350. The molecule has 1 atom stereocenters. The second-order valence-corrected chi connectivity index (χ2v) is 3.54. The van der Waals surface area contributed by atoms with Crippen LogP contribution in [0.25, 0.3) is 0 Å². The van der Waals surface area contributed by atoms with Gasteiger partial charge in [-0.2, -0.15) is 5.26 Å². The summed E-state index contributed by atoms with van der Waals surface area (Å²) in [6.07, 6.45) is 1.97. The van der Waals surface area contributed by atoms with Crippen LogP contribution in [0.4, 0.5) is 0 Å². The molecule has 1 unspecified atom stereocenters. The monoisotopic (exact) mass is 188 g/mol. The van der Waals surface area contributed by atoms with Crippen molar-refractivity contribution in [1.82, 2.24) is 0 Å². The molecule has 14 heavy (non-hydrogen) atoms. The molecule has 0 aliphatic heterocycles. The summed E-state index contributed by atoms with van der Waals surface area (Å²) < 4.78 is 0. The van der Waals surface area contributed by atoms with Crippen LogP contribution in [0.1, 0.15) is 42.5 Å². The van der Waals surface area contributed by atoms with Crippen LogP contribution in [-0.2, 0) is 0 Å². The first-order valence-electron chi connectivity index (χ1n) is 4.95. The Kier molecular flexibility index (Phi) is 3.67. The molecule has 1 rings (SSSR count). The third-order valence-corrected chi connectivity index (χ3v) is 2.42. The third kappa shape index (κ3) is 2.12. The first-order valence-corrected chi connectivity index (χ1v) is 4.95. The smallest absolute Gasteiger partial charge is 0.0995 e. The fourth-order valence-corrected chi connectivity index (χ4v) is 1.73. The molecule has 2 heteroatoms. The Morgan fingerprint density at radius 1 is 1.50 bits per heavy atom. The molecule has 1 aromatic carbocycles. The van der Waals surface area contributed by atoms with Crippen molar-refractivity contribution in [3.8, 4) is 6.07 Å². The molecule has 0 heterocycles. The summed E-state index contributed by atoms with van der Waals surface area (Å²) in [5.41, 5.74) is 8.87. The van der Waals surface area contributed by atoms with Crippen LogP contribution in [0, 0.1) is 18.3 Å². The second-order valence-electron chi connectivity index (χ2n) is 3.54. The van der Waals surface area contributed by atoms with Gasteiger partial charge in [-0.3, -0.25) is 0 Å². The van der Waals surface area contributed by atoms with E-state index in [1.807, 2.05) is 25.1 Å². The minimum atomic E-state index is -0.00384. The Balaban J connectivity index is 3.11. The number of hydrogen-bond acceptors (Lipinski definition) is 2. The van der Waals surface area contributed by atoms with E-state index >= 15 is 0 Å². The number of rotatable bonds is 3. The lowest BCUT2D eigenvalue weighted by atomic mass is 9.94. The van der Waals surface area contributed by atoms with Gasteiger partial charge in [0.15, 0.2) is 0 Å². The minimum absolute atomic E-state index is 0.00384. The highest BCUT2D eigenvalue weighted by molar-refractivity contribution is 5.44. The maximum absolute atomic E-state index is 8.95. The van der Waals surface area contributed by atoms with Gasteiger partial charge in [0.2, 0.25) is 0 Å². The SMILES string of the molecule is CCCC(N)c1c(C)cccc1C#N. The van der Waals surface area contributed by atoms with E-state index in [4.69, 9.17) is 11.0 Å². The van der Waals surface area contributed by atoms with Crippen molar-refractivity contribution in [3.05, 3.63) is 34.9 Å². The van der Waals surface area contributed by atoms with E-state index in [2.05, 4.69) is 13.0 Å². The third-order valence-electron chi connectivity index (χ3n) is 2.42. The van der Waals surface area contributed by atoms with Gasteiger partial charge in [0.1, 0.15) is 0 Å². The van der Waals surface area contributed by atoms with Gasteiger partial charge in [-0.05, 0) is 30.5 Å². The van der Waals surface area contributed by atoms with E-state index in [0.29, 0.717) is 5.56 Å². The van der Waals surface area contributed by atoms with E-state index < -0.39 is 0 Å². The molecular weight excluding hydrogens is 172 g/mol. The molecule has 0 bridgehead atoms. The fraction of sp³-hybridized carbons (Fsp3) is 0.417. The molecule has 0 fully saturated rings. The van der Waals surface area contributed by atoms with Crippen LogP contribution in [-0.4, -0.2) is 0 Å². The lowest BCUT2D eigenvalue weighted by molar-refractivity contribution is 0.634. The number of benzene rings is 1. The maximum Gasteiger partial charge on any atom is 0.0995 e. The molecule has 0 saturated carbocycles. The van der Waals surface area contributed by atoms with E-state index in [1.54, 1.807) is 0 Å². The van der Waals surface area contributed by atoms with Crippen molar-refractivity contribution >= 4 is 0 Å². The van der Waals surface area contributed by atoms with E-state index in [9.17, 15) is 0 Å². The van der Waals surface area contributed by atoms with Crippen LogP contribution in [0.2, 0.25) is 0 Å². The van der Waals surface area contributed by atoms with Crippen molar-refractivity contribution in [2.45, 2.75) is 32.7 Å². The number of hydrogen-bond donors (Lipinski definition) is 1. The van der Waals surface area contributed by atoms with Crippen molar-refractivity contribution in [2.24, 2.45) is 5.73 Å². The summed E-state index contributed by atoms with van der Waals surface area (Å²) in [4.78, 5) is 0. The molecule has 0 spiro atoms. The number of nitrogens with zero attached hydrogens (tertiary/aromatic N) is 1. The Labute approximate surface area is 85.4 Å². The topological polar surface area (TPSA) is 49.8 Å². The van der Waals surface area contributed by atoms with Gasteiger partial charge in [-0.1, -0.05) is 25.5 Å². The maximum atomic E-state index is 8.95. The van der Waals surface area contributed by atoms with E-state index in [1.165, 1.54) is 0 Å². The van der Waals surface area contributed by atoms with Gasteiger partial charge >= 0.3 is 0 Å². The van der Waals surface area contributed by atoms with Crippen molar-refractivity contribution in [1.29, 1.82) is 5.26 Å². The summed E-state index contributed by atoms with van der Waals surface area (Å²) in [5.74, 6) is 0. The lowest BCUT2D eigenvalue weighted by Crippen LogP contribution is -2.13. The molecule has 0 radical (unpaired) electrons. The molecule has 74 valence electrons. The molecular formula is C12H16N2. The van der Waals surface area contributed by atoms with Gasteiger partial charge in [-0.15, -0.1) is 0 Å². The van der Waals surface area contributed by atoms with Crippen LogP contribution in [0.3, 0.4) is 0 Å². The average molecular weight is 188 g/mol. The molecule has 0 aliphatic carbocycles. The van der Waals surface area contributed by atoms with Crippen LogP contribution >= 0.6 is 0 Å². The summed E-state index contributed by atoms with van der Waals surface area (Å²) in [7, 11) is 0. The van der Waals surface area contributed by atoms with E-state index in [-0.39, 0.29) is 6.04 Å². The van der Waals surface area contributed by atoms with Gasteiger partial charge in [0, 0.05) is 6.04 Å². The van der Waals surface area contributed by atoms with Crippen molar-refractivity contribution < 1.29 is 0 Å². The predicted octanol–water partition coefficient (Wildman–Crippen LogP) is 2.67. The number of nitrogens with two attached hydrogens (primary N) is 1. The Hall–Kier alpha value is -1.33. The standard InChI is InChI=1S/C12H16N2/c1-3-5-11(14)12-9(2)6-4-7-10(12)8-13/h4,6-7,11H,3,5,14H2,1-2H3. The van der Waals surface area contributed by atoms with Gasteiger partial charge in [0.05, 0.1) is 11.6 Å². The quantitative estimate of drug-likeness (QED) is 0.792. The Morgan fingerprint density at radius 2 is 2.21 bits per heavy atom. The highest BCUT2D eigenvalue weighted by Gasteiger charge is 2.12. The van der Waals surface area contributed by atoms with Crippen LogP contribution < -0.4 is 5.73 Å². The van der Waals surface area contributed by atoms with E-state index in [0.717, 1.165) is 24.0 Å². The average Bonchev–Trinajstić information content (AvgIpc) is 2.17. The predicted molar refractivity (Wildman–Crippen MR) is 57.7 cm³/mol. The largest absolute Gasteiger partial charge is 0.324 e. The first kappa shape index (κ1) is 10.7. The lowest BCUT2D eigenvalue weighted by Gasteiger charge is -2.15.